The van der Waals surface area contributed by atoms with E-state index in [0.717, 1.165) is 11.8 Å². The van der Waals surface area contributed by atoms with E-state index in [2.05, 4.69) is 39.0 Å². The maximum atomic E-state index is 2.40. The van der Waals surface area contributed by atoms with Gasteiger partial charge in [0.15, 0.2) is 0 Å². The van der Waals surface area contributed by atoms with Crippen LogP contribution in [0.25, 0.3) is 0 Å². The Morgan fingerprint density at radius 1 is 1.13 bits per heavy atom. The molecular formula is C15H24. The largest absolute Gasteiger partial charge is 0.0845 e. The fourth-order valence-electron chi connectivity index (χ4n) is 3.30. The molecule has 0 aromatic rings. The molecule has 0 N–H and O–H groups in total. The van der Waals surface area contributed by atoms with Crippen molar-refractivity contribution in [1.82, 2.24) is 0 Å². The molecule has 84 valence electrons. The molecular weight excluding hydrogens is 180 g/mol. The molecule has 0 bridgehead atoms. The Hall–Kier alpha value is -0.520. The highest BCUT2D eigenvalue weighted by Crippen LogP contribution is 2.46. The van der Waals surface area contributed by atoms with Crippen molar-refractivity contribution in [2.24, 2.45) is 17.3 Å². The third kappa shape index (κ3) is 2.35. The van der Waals surface area contributed by atoms with Crippen LogP contribution in [0.4, 0.5) is 0 Å². The SMILES string of the molecule is CC(C)(C)/C1=C/C=C\CCC2CCCC12. The summed E-state index contributed by atoms with van der Waals surface area (Å²) < 4.78 is 0. The van der Waals surface area contributed by atoms with Gasteiger partial charge >= 0.3 is 0 Å². The molecule has 1 fully saturated rings. The van der Waals surface area contributed by atoms with Crippen LogP contribution in [0.3, 0.4) is 0 Å². The molecule has 0 aliphatic heterocycles. The van der Waals surface area contributed by atoms with E-state index in [1.165, 1.54) is 32.1 Å². The molecule has 0 heteroatoms. The van der Waals surface area contributed by atoms with Gasteiger partial charge in [0.2, 0.25) is 0 Å². The lowest BCUT2D eigenvalue weighted by Gasteiger charge is -2.32. The maximum absolute atomic E-state index is 2.40. The molecule has 0 nitrogen and oxygen atoms in total. The molecule has 0 amide bonds. The summed E-state index contributed by atoms with van der Waals surface area (Å²) >= 11 is 0. The van der Waals surface area contributed by atoms with Gasteiger partial charge in [0.25, 0.3) is 0 Å². The Morgan fingerprint density at radius 3 is 2.67 bits per heavy atom. The molecule has 15 heavy (non-hydrogen) atoms. The topological polar surface area (TPSA) is 0 Å². The quantitative estimate of drug-likeness (QED) is 0.535. The standard InChI is InChI=1S/C15H24/c1-15(2,3)14-11-6-4-5-8-12-9-7-10-13(12)14/h4,6,11-13H,5,7-10H2,1-3H3/b6-4-,14-11+. The predicted molar refractivity (Wildman–Crippen MR) is 66.7 cm³/mol. The minimum absolute atomic E-state index is 0.356. The van der Waals surface area contributed by atoms with E-state index >= 15 is 0 Å². The van der Waals surface area contributed by atoms with Gasteiger partial charge in [0.05, 0.1) is 0 Å². The van der Waals surface area contributed by atoms with Gasteiger partial charge < -0.3 is 0 Å². The predicted octanol–water partition coefficient (Wildman–Crippen LogP) is 4.73. The number of rotatable bonds is 0. The van der Waals surface area contributed by atoms with Crippen LogP contribution >= 0.6 is 0 Å². The fourth-order valence-corrected chi connectivity index (χ4v) is 3.30. The third-order valence-corrected chi connectivity index (χ3v) is 4.04. The van der Waals surface area contributed by atoms with Crippen molar-refractivity contribution < 1.29 is 0 Å². The minimum atomic E-state index is 0.356. The Balaban J connectivity index is 2.29. The molecule has 0 saturated heterocycles. The summed E-state index contributed by atoms with van der Waals surface area (Å²) in [6.07, 6.45) is 14.1. The van der Waals surface area contributed by atoms with Gasteiger partial charge in [-0.2, -0.15) is 0 Å². The molecule has 2 aliphatic rings. The second-order valence-corrected chi connectivity index (χ2v) is 6.17. The van der Waals surface area contributed by atoms with E-state index in [0.29, 0.717) is 5.41 Å². The summed E-state index contributed by atoms with van der Waals surface area (Å²) in [6.45, 7) is 7.09. The molecule has 1 saturated carbocycles. The van der Waals surface area contributed by atoms with Crippen molar-refractivity contribution in [3.63, 3.8) is 0 Å². The normalized spacial score (nSPS) is 37.4. The Kier molecular flexibility index (Phi) is 3.04. The van der Waals surface area contributed by atoms with Crippen LogP contribution in [0.2, 0.25) is 0 Å². The third-order valence-electron chi connectivity index (χ3n) is 4.04. The van der Waals surface area contributed by atoms with Gasteiger partial charge in [-0.05, 0) is 42.9 Å². The van der Waals surface area contributed by atoms with Gasteiger partial charge in [-0.15, -0.1) is 0 Å². The number of allylic oxidation sites excluding steroid dienone is 4. The van der Waals surface area contributed by atoms with E-state index in [1.54, 1.807) is 5.57 Å². The summed E-state index contributed by atoms with van der Waals surface area (Å²) in [5.41, 5.74) is 2.05. The van der Waals surface area contributed by atoms with Crippen molar-refractivity contribution in [2.45, 2.75) is 52.9 Å². The lowest BCUT2D eigenvalue weighted by Crippen LogP contribution is -2.21. The van der Waals surface area contributed by atoms with Crippen LogP contribution in [0, 0.1) is 17.3 Å². The first-order valence-electron chi connectivity index (χ1n) is 6.46. The average molecular weight is 204 g/mol. The van der Waals surface area contributed by atoms with Crippen LogP contribution < -0.4 is 0 Å². The molecule has 2 aliphatic carbocycles. The highest BCUT2D eigenvalue weighted by Gasteiger charge is 2.34. The lowest BCUT2D eigenvalue weighted by molar-refractivity contribution is 0.342. The molecule has 2 unspecified atom stereocenters. The first-order valence-corrected chi connectivity index (χ1v) is 6.46. The maximum Gasteiger partial charge on any atom is -0.0166 e. The second kappa shape index (κ2) is 4.15. The van der Waals surface area contributed by atoms with Crippen LogP contribution in [-0.4, -0.2) is 0 Å². The van der Waals surface area contributed by atoms with Gasteiger partial charge in [-0.1, -0.05) is 51.0 Å². The van der Waals surface area contributed by atoms with Gasteiger partial charge in [0, 0.05) is 0 Å². The second-order valence-electron chi connectivity index (χ2n) is 6.17. The zero-order chi connectivity index (χ0) is 10.9. The molecule has 0 aromatic heterocycles. The van der Waals surface area contributed by atoms with Crippen molar-refractivity contribution in [3.8, 4) is 0 Å². The van der Waals surface area contributed by atoms with E-state index in [1.807, 2.05) is 0 Å². The van der Waals surface area contributed by atoms with Crippen LogP contribution in [0.5, 0.6) is 0 Å². The Bertz CT molecular complexity index is 275. The van der Waals surface area contributed by atoms with Gasteiger partial charge in [0.1, 0.15) is 0 Å². The summed E-state index contributed by atoms with van der Waals surface area (Å²) in [5, 5.41) is 0. The molecule has 0 heterocycles. The number of fused-ring (bicyclic) bond motifs is 1. The summed E-state index contributed by atoms with van der Waals surface area (Å²) in [6, 6.07) is 0. The highest BCUT2D eigenvalue weighted by molar-refractivity contribution is 5.23. The minimum Gasteiger partial charge on any atom is -0.0845 e. The molecule has 2 atom stereocenters. The molecule has 0 spiro atoms. The van der Waals surface area contributed by atoms with E-state index in [4.69, 9.17) is 0 Å². The monoisotopic (exact) mass is 204 g/mol. The zero-order valence-corrected chi connectivity index (χ0v) is 10.4. The summed E-state index contributed by atoms with van der Waals surface area (Å²) in [7, 11) is 0. The van der Waals surface area contributed by atoms with Crippen LogP contribution in [-0.2, 0) is 0 Å². The summed E-state index contributed by atoms with van der Waals surface area (Å²) in [4.78, 5) is 0. The van der Waals surface area contributed by atoms with Crippen LogP contribution in [0.15, 0.2) is 23.8 Å². The van der Waals surface area contributed by atoms with Crippen molar-refractivity contribution in [2.75, 3.05) is 0 Å². The van der Waals surface area contributed by atoms with Crippen molar-refractivity contribution in [3.05, 3.63) is 23.8 Å². The number of hydrogen-bond donors (Lipinski definition) is 0. The molecule has 0 radical (unpaired) electrons. The Labute approximate surface area is 94.5 Å². The summed E-state index contributed by atoms with van der Waals surface area (Å²) in [5.74, 6) is 1.86. The van der Waals surface area contributed by atoms with Crippen LogP contribution in [0.1, 0.15) is 52.9 Å². The van der Waals surface area contributed by atoms with Gasteiger partial charge in [-0.25, -0.2) is 0 Å². The van der Waals surface area contributed by atoms with Crippen molar-refractivity contribution in [1.29, 1.82) is 0 Å². The van der Waals surface area contributed by atoms with Crippen molar-refractivity contribution >= 4 is 0 Å². The Morgan fingerprint density at radius 2 is 1.93 bits per heavy atom. The van der Waals surface area contributed by atoms with E-state index in [9.17, 15) is 0 Å². The van der Waals surface area contributed by atoms with E-state index in [-0.39, 0.29) is 0 Å². The number of hydrogen-bond acceptors (Lipinski definition) is 0. The van der Waals surface area contributed by atoms with E-state index < -0.39 is 0 Å². The smallest absolute Gasteiger partial charge is 0.0166 e. The fraction of sp³-hybridized carbons (Fsp3) is 0.733. The molecule has 0 aromatic carbocycles. The highest BCUT2D eigenvalue weighted by atomic mass is 14.4. The zero-order valence-electron chi connectivity index (χ0n) is 10.4. The molecule has 2 rings (SSSR count). The first kappa shape index (κ1) is 11.0. The van der Waals surface area contributed by atoms with Gasteiger partial charge in [-0.3, -0.25) is 0 Å². The average Bonchev–Trinajstić information content (AvgIpc) is 2.49. The first-order chi connectivity index (χ1) is 7.09. The lowest BCUT2D eigenvalue weighted by atomic mass is 9.73.